The van der Waals surface area contributed by atoms with Gasteiger partial charge in [-0.05, 0) is 143 Å². The number of thiophene rings is 2. The second kappa shape index (κ2) is 14.5. The Morgan fingerprint density at radius 1 is 0.250 bits per heavy atom. The highest BCUT2D eigenvalue weighted by atomic mass is 32.1. The first kappa shape index (κ1) is 37.8. The molecular formula is C62H36N2O2S2. The molecule has 68 heavy (non-hydrogen) atoms. The van der Waals surface area contributed by atoms with E-state index < -0.39 is 0 Å². The van der Waals surface area contributed by atoms with Gasteiger partial charge in [0.1, 0.15) is 11.2 Å². The van der Waals surface area contributed by atoms with E-state index in [1.165, 1.54) is 40.3 Å². The molecule has 0 N–H and O–H groups in total. The van der Waals surface area contributed by atoms with Crippen LogP contribution in [0.15, 0.2) is 227 Å². The van der Waals surface area contributed by atoms with Crippen LogP contribution in [0.25, 0.3) is 106 Å². The summed E-state index contributed by atoms with van der Waals surface area (Å²) in [6.45, 7) is 0. The summed E-state index contributed by atoms with van der Waals surface area (Å²) in [4.78, 5) is 4.70. The van der Waals surface area contributed by atoms with Crippen molar-refractivity contribution in [2.75, 3.05) is 9.80 Å². The highest BCUT2D eigenvalue weighted by molar-refractivity contribution is 7.26. The summed E-state index contributed by atoms with van der Waals surface area (Å²) in [6, 6.07) is 79.1. The zero-order chi connectivity index (χ0) is 44.5. The van der Waals surface area contributed by atoms with Crippen molar-refractivity contribution < 1.29 is 8.83 Å². The molecule has 0 fully saturated rings. The Labute approximate surface area is 397 Å². The number of hydrogen-bond acceptors (Lipinski definition) is 6. The van der Waals surface area contributed by atoms with Crippen LogP contribution >= 0.6 is 22.7 Å². The highest BCUT2D eigenvalue weighted by Crippen LogP contribution is 2.46. The lowest BCUT2D eigenvalue weighted by Crippen LogP contribution is -2.09. The summed E-state index contributed by atoms with van der Waals surface area (Å²) < 4.78 is 18.8. The van der Waals surface area contributed by atoms with Crippen LogP contribution in [0.4, 0.5) is 34.1 Å². The molecule has 11 aromatic carbocycles. The molecule has 15 aromatic rings. The zero-order valence-electron chi connectivity index (χ0n) is 36.3. The molecule has 0 spiro atoms. The van der Waals surface area contributed by atoms with E-state index in [1.807, 2.05) is 22.7 Å². The van der Waals surface area contributed by atoms with E-state index in [9.17, 15) is 0 Å². The van der Waals surface area contributed by atoms with Gasteiger partial charge in [-0.1, -0.05) is 97.1 Å². The average Bonchev–Trinajstić information content (AvgIpc) is 4.15. The number of benzene rings is 11. The molecule has 0 atom stereocenters. The molecule has 0 aliphatic heterocycles. The molecule has 0 saturated heterocycles. The second-order valence-corrected chi connectivity index (χ2v) is 19.8. The van der Waals surface area contributed by atoms with Gasteiger partial charge in [0.25, 0.3) is 0 Å². The van der Waals surface area contributed by atoms with E-state index >= 15 is 0 Å². The van der Waals surface area contributed by atoms with Gasteiger partial charge in [-0.25, -0.2) is 0 Å². The Hall–Kier alpha value is -8.42. The molecule has 0 bridgehead atoms. The first-order valence-electron chi connectivity index (χ1n) is 22.9. The van der Waals surface area contributed by atoms with Crippen molar-refractivity contribution in [1.82, 2.24) is 0 Å². The fourth-order valence-corrected chi connectivity index (χ4v) is 12.8. The van der Waals surface area contributed by atoms with E-state index in [-0.39, 0.29) is 0 Å². The van der Waals surface area contributed by atoms with Crippen molar-refractivity contribution in [1.29, 1.82) is 0 Å². The Morgan fingerprint density at radius 2 is 0.632 bits per heavy atom. The Kier molecular flexibility index (Phi) is 8.07. The quantitative estimate of drug-likeness (QED) is 0.166. The largest absolute Gasteiger partial charge is 0.452 e. The summed E-state index contributed by atoms with van der Waals surface area (Å²) in [5, 5.41) is 13.9. The third-order valence-electron chi connectivity index (χ3n) is 13.7. The van der Waals surface area contributed by atoms with Crippen LogP contribution in [-0.4, -0.2) is 0 Å². The van der Waals surface area contributed by atoms with Gasteiger partial charge in [0.15, 0.2) is 11.2 Å². The molecule has 15 rings (SSSR count). The number of hydrogen-bond donors (Lipinski definition) is 0. The van der Waals surface area contributed by atoms with Crippen LogP contribution in [0.5, 0.6) is 0 Å². The fourth-order valence-electron chi connectivity index (χ4n) is 10.6. The molecule has 0 unspecified atom stereocenters. The molecular weight excluding hydrogens is 869 g/mol. The lowest BCUT2D eigenvalue weighted by molar-refractivity contribution is 0.634. The number of furan rings is 2. The fraction of sp³-hybridized carbons (Fsp3) is 0. The van der Waals surface area contributed by atoms with Gasteiger partial charge in [0.2, 0.25) is 0 Å². The van der Waals surface area contributed by atoms with Crippen LogP contribution in [0, 0.1) is 0 Å². The molecule has 0 radical (unpaired) electrons. The Bertz CT molecular complexity index is 4230. The normalized spacial score (nSPS) is 12.1. The minimum atomic E-state index is 0.767. The van der Waals surface area contributed by atoms with Gasteiger partial charge in [0.05, 0.1) is 0 Å². The number of anilines is 6. The third kappa shape index (κ3) is 5.78. The summed E-state index contributed by atoms with van der Waals surface area (Å²) in [7, 11) is 0. The summed E-state index contributed by atoms with van der Waals surface area (Å²) >= 11 is 3.69. The van der Waals surface area contributed by atoms with Crippen LogP contribution in [0.3, 0.4) is 0 Å². The first-order valence-corrected chi connectivity index (χ1v) is 24.5. The van der Waals surface area contributed by atoms with E-state index in [0.29, 0.717) is 0 Å². The van der Waals surface area contributed by atoms with E-state index in [0.717, 1.165) is 99.5 Å². The predicted octanol–water partition coefficient (Wildman–Crippen LogP) is 19.5. The minimum absolute atomic E-state index is 0.767. The third-order valence-corrected chi connectivity index (χ3v) is 16.0. The number of rotatable bonds is 6. The van der Waals surface area contributed by atoms with Crippen molar-refractivity contribution in [2.24, 2.45) is 0 Å². The lowest BCUT2D eigenvalue weighted by Gasteiger charge is -2.26. The molecule has 4 heterocycles. The highest BCUT2D eigenvalue weighted by Gasteiger charge is 2.21. The van der Waals surface area contributed by atoms with Crippen molar-refractivity contribution in [2.45, 2.75) is 0 Å². The predicted molar refractivity (Wildman–Crippen MR) is 291 cm³/mol. The van der Waals surface area contributed by atoms with Gasteiger partial charge >= 0.3 is 0 Å². The molecule has 0 aliphatic rings. The Morgan fingerprint density at radius 3 is 1.10 bits per heavy atom. The van der Waals surface area contributed by atoms with Crippen molar-refractivity contribution in [3.8, 4) is 0 Å². The van der Waals surface area contributed by atoms with Crippen molar-refractivity contribution >= 4 is 163 Å². The van der Waals surface area contributed by atoms with E-state index in [4.69, 9.17) is 8.83 Å². The summed E-state index contributed by atoms with van der Waals surface area (Å²) in [5.41, 5.74) is 9.81. The maximum atomic E-state index is 6.83. The average molecular weight is 905 g/mol. The maximum absolute atomic E-state index is 6.83. The number of nitrogens with zero attached hydrogens (tertiary/aromatic N) is 2. The molecule has 0 amide bonds. The minimum Gasteiger partial charge on any atom is -0.452 e. The van der Waals surface area contributed by atoms with Crippen LogP contribution in [-0.2, 0) is 0 Å². The van der Waals surface area contributed by atoms with E-state index in [2.05, 4.69) is 228 Å². The van der Waals surface area contributed by atoms with Crippen molar-refractivity contribution in [3.05, 3.63) is 218 Å². The van der Waals surface area contributed by atoms with Crippen LogP contribution < -0.4 is 9.80 Å². The van der Waals surface area contributed by atoms with Crippen molar-refractivity contribution in [3.63, 3.8) is 0 Å². The van der Waals surface area contributed by atoms with E-state index in [1.54, 1.807) is 0 Å². The van der Waals surface area contributed by atoms with Crippen LogP contribution in [0.1, 0.15) is 0 Å². The SMILES string of the molecule is c1ccc(N(c2ccc3cc4c(cc3c2)oc2c4ccc3c4cc5ccc(N(c6ccccc6)c6ccc7c(c6)sc6ccccc67)cc5cc4oc32)c2ccc3c(c2)sc2ccccc23)cc1. The summed E-state index contributed by atoms with van der Waals surface area (Å²) in [5.74, 6) is 0. The standard InChI is InChI=1S/C62H36N2O2S2/c1-3-11-41(12-4-1)63(45-23-25-49-47-15-7-9-17-57(47)67-59(49)35-45)43-21-19-37-31-53-51-27-28-52-54-32-38-20-22-44(30-40(38)34-56(54)66-62(52)61(51)65-55(53)33-39(37)29-43)64(42-13-5-2-6-14-42)46-24-26-50-48-16-8-10-18-58(48)68-60(50)36-46/h1-36H. The van der Waals surface area contributed by atoms with Gasteiger partial charge in [0, 0.05) is 96.0 Å². The first-order chi connectivity index (χ1) is 33.6. The molecule has 4 nitrogen and oxygen atoms in total. The molecule has 4 aromatic heterocycles. The Balaban J connectivity index is 0.834. The van der Waals surface area contributed by atoms with Crippen LogP contribution in [0.2, 0.25) is 0 Å². The van der Waals surface area contributed by atoms with Gasteiger partial charge in [-0.2, -0.15) is 0 Å². The molecule has 0 aliphatic carbocycles. The van der Waals surface area contributed by atoms with Gasteiger partial charge in [-0.3, -0.25) is 0 Å². The topological polar surface area (TPSA) is 32.8 Å². The summed E-state index contributed by atoms with van der Waals surface area (Å²) in [6.07, 6.45) is 0. The smallest absolute Gasteiger partial charge is 0.178 e. The molecule has 0 saturated carbocycles. The number of fused-ring (bicyclic) bond motifs is 15. The second-order valence-electron chi connectivity index (χ2n) is 17.7. The lowest BCUT2D eigenvalue weighted by atomic mass is 10.0. The zero-order valence-corrected chi connectivity index (χ0v) is 37.9. The van der Waals surface area contributed by atoms with Gasteiger partial charge < -0.3 is 18.6 Å². The maximum Gasteiger partial charge on any atom is 0.178 e. The van der Waals surface area contributed by atoms with Gasteiger partial charge in [-0.15, -0.1) is 22.7 Å². The number of para-hydroxylation sites is 2. The molecule has 318 valence electrons. The monoisotopic (exact) mass is 904 g/mol. The molecule has 6 heteroatoms.